The van der Waals surface area contributed by atoms with Gasteiger partial charge < -0.3 is 10.5 Å². The maximum atomic E-state index is 13.5. The molecule has 0 bridgehead atoms. The Morgan fingerprint density at radius 1 is 1.20 bits per heavy atom. The monoisotopic (exact) mass is 437 g/mol. The molecule has 0 aliphatic heterocycles. The van der Waals surface area contributed by atoms with E-state index < -0.39 is 5.82 Å². The molecule has 7 heteroatoms. The molecule has 20 heavy (non-hydrogen) atoms. The molecule has 2 rings (SSSR count). The summed E-state index contributed by atoms with van der Waals surface area (Å²) < 4.78 is 20.5. The predicted octanol–water partition coefficient (Wildman–Crippen LogP) is 5.43. The van der Waals surface area contributed by atoms with E-state index in [1.54, 1.807) is 18.2 Å². The van der Waals surface area contributed by atoms with Gasteiger partial charge in [-0.15, -0.1) is 0 Å². The number of hydrogen-bond acceptors (Lipinski definition) is 2. The Balaban J connectivity index is 2.47. The van der Waals surface area contributed by atoms with E-state index in [1.165, 1.54) is 12.1 Å². The lowest BCUT2D eigenvalue weighted by molar-refractivity contribution is 0.472. The average Bonchev–Trinajstić information content (AvgIpc) is 2.35. The van der Waals surface area contributed by atoms with Crippen LogP contribution >= 0.6 is 55.7 Å². The second-order valence-electron chi connectivity index (χ2n) is 3.80. The highest BCUT2D eigenvalue weighted by Crippen LogP contribution is 2.35. The molecular formula is C13H7Br2ClFNOS. The highest BCUT2D eigenvalue weighted by atomic mass is 79.9. The summed E-state index contributed by atoms with van der Waals surface area (Å²) in [5.74, 6) is 0.133. The standard InChI is InChI=1S/C13H7Br2ClFNOS/c14-6-1-2-7(13(18)20)11(3-6)19-12-5-10(17)9(16)4-8(12)15/h1-5H,(H2,18,20). The van der Waals surface area contributed by atoms with E-state index in [9.17, 15) is 4.39 Å². The van der Waals surface area contributed by atoms with Crippen molar-refractivity contribution in [3.05, 3.63) is 55.7 Å². The van der Waals surface area contributed by atoms with Crippen molar-refractivity contribution >= 4 is 60.7 Å². The highest BCUT2D eigenvalue weighted by Gasteiger charge is 2.13. The smallest absolute Gasteiger partial charge is 0.145 e. The van der Waals surface area contributed by atoms with Crippen LogP contribution in [-0.2, 0) is 0 Å². The Kier molecular flexibility index (Phi) is 5.01. The number of ether oxygens (including phenoxy) is 1. The first kappa shape index (κ1) is 15.7. The maximum Gasteiger partial charge on any atom is 0.145 e. The molecule has 0 fully saturated rings. The minimum absolute atomic E-state index is 0.00744. The van der Waals surface area contributed by atoms with Gasteiger partial charge in [-0.2, -0.15) is 0 Å². The Morgan fingerprint density at radius 3 is 2.55 bits per heavy atom. The van der Waals surface area contributed by atoms with Crippen molar-refractivity contribution in [2.24, 2.45) is 5.73 Å². The quantitative estimate of drug-likeness (QED) is 0.512. The van der Waals surface area contributed by atoms with Crippen molar-refractivity contribution < 1.29 is 9.13 Å². The summed E-state index contributed by atoms with van der Waals surface area (Å²) in [6.07, 6.45) is 0. The van der Waals surface area contributed by atoms with Gasteiger partial charge in [-0.05, 0) is 40.2 Å². The molecular weight excluding hydrogens is 432 g/mol. The minimum atomic E-state index is -0.572. The fourth-order valence-corrected chi connectivity index (χ4v) is 2.71. The molecule has 2 aromatic rings. The first-order valence-corrected chi connectivity index (χ1v) is 7.67. The molecule has 0 heterocycles. The third-order valence-electron chi connectivity index (χ3n) is 2.40. The van der Waals surface area contributed by atoms with Gasteiger partial charge in [0, 0.05) is 10.5 Å². The van der Waals surface area contributed by atoms with Gasteiger partial charge in [-0.3, -0.25) is 0 Å². The lowest BCUT2D eigenvalue weighted by atomic mass is 10.2. The van der Waals surface area contributed by atoms with Gasteiger partial charge in [-0.25, -0.2) is 4.39 Å². The van der Waals surface area contributed by atoms with Crippen molar-refractivity contribution in [1.29, 1.82) is 0 Å². The first-order chi connectivity index (χ1) is 9.38. The largest absolute Gasteiger partial charge is 0.455 e. The molecule has 0 aliphatic rings. The fourth-order valence-electron chi connectivity index (χ4n) is 1.49. The molecule has 0 saturated heterocycles. The molecule has 0 aliphatic carbocycles. The minimum Gasteiger partial charge on any atom is -0.455 e. The van der Waals surface area contributed by atoms with Crippen molar-refractivity contribution in [1.82, 2.24) is 0 Å². The van der Waals surface area contributed by atoms with Crippen LogP contribution in [0, 0.1) is 5.82 Å². The molecule has 2 nitrogen and oxygen atoms in total. The average molecular weight is 440 g/mol. The fraction of sp³-hybridized carbons (Fsp3) is 0. The van der Waals surface area contributed by atoms with E-state index in [4.69, 9.17) is 34.3 Å². The Hall–Kier alpha value is -0.690. The van der Waals surface area contributed by atoms with Gasteiger partial charge in [0.25, 0.3) is 0 Å². The molecule has 2 aromatic carbocycles. The van der Waals surface area contributed by atoms with Gasteiger partial charge >= 0.3 is 0 Å². The molecule has 0 radical (unpaired) electrons. The third-order valence-corrected chi connectivity index (χ3v) is 4.03. The van der Waals surface area contributed by atoms with Crippen LogP contribution in [0.4, 0.5) is 4.39 Å². The van der Waals surface area contributed by atoms with Crippen LogP contribution in [0.25, 0.3) is 0 Å². The summed E-state index contributed by atoms with van der Waals surface area (Å²) >= 11 is 17.3. The van der Waals surface area contributed by atoms with E-state index >= 15 is 0 Å². The van der Waals surface area contributed by atoms with Crippen LogP contribution in [0.3, 0.4) is 0 Å². The summed E-state index contributed by atoms with van der Waals surface area (Å²) in [4.78, 5) is 0.193. The van der Waals surface area contributed by atoms with Crippen LogP contribution in [0.15, 0.2) is 39.3 Å². The number of rotatable bonds is 3. The summed E-state index contributed by atoms with van der Waals surface area (Å²) in [6.45, 7) is 0. The molecule has 0 aromatic heterocycles. The highest BCUT2D eigenvalue weighted by molar-refractivity contribution is 9.10. The molecule has 0 atom stereocenters. The normalized spacial score (nSPS) is 10.4. The molecule has 0 saturated carbocycles. The zero-order valence-electron chi connectivity index (χ0n) is 9.79. The number of hydrogen-bond donors (Lipinski definition) is 1. The van der Waals surface area contributed by atoms with Gasteiger partial charge in [0.1, 0.15) is 22.3 Å². The molecule has 2 N–H and O–H groups in total. The van der Waals surface area contributed by atoms with Gasteiger partial charge in [-0.1, -0.05) is 39.7 Å². The zero-order chi connectivity index (χ0) is 14.9. The Labute approximate surface area is 142 Å². The lowest BCUT2D eigenvalue weighted by Gasteiger charge is -2.12. The molecule has 0 spiro atoms. The number of thiocarbonyl (C=S) groups is 1. The SMILES string of the molecule is NC(=S)c1ccc(Br)cc1Oc1cc(F)c(Cl)cc1Br. The lowest BCUT2D eigenvalue weighted by Crippen LogP contribution is -2.10. The second kappa shape index (κ2) is 6.39. The summed E-state index contributed by atoms with van der Waals surface area (Å²) in [7, 11) is 0. The molecule has 0 unspecified atom stereocenters. The zero-order valence-corrected chi connectivity index (χ0v) is 14.5. The van der Waals surface area contributed by atoms with E-state index in [0.29, 0.717) is 15.8 Å². The van der Waals surface area contributed by atoms with Crippen LogP contribution < -0.4 is 10.5 Å². The van der Waals surface area contributed by atoms with Gasteiger partial charge in [0.2, 0.25) is 0 Å². The Morgan fingerprint density at radius 2 is 1.90 bits per heavy atom. The molecule has 0 amide bonds. The topological polar surface area (TPSA) is 35.2 Å². The predicted molar refractivity (Wildman–Crippen MR) is 89.2 cm³/mol. The van der Waals surface area contributed by atoms with Crippen molar-refractivity contribution in [2.45, 2.75) is 0 Å². The summed E-state index contributed by atoms with van der Waals surface area (Å²) in [5, 5.41) is 0.00744. The number of benzene rings is 2. The van der Waals surface area contributed by atoms with Gasteiger partial charge in [0.05, 0.1) is 15.1 Å². The number of halogens is 4. The second-order valence-corrected chi connectivity index (χ2v) is 6.42. The Bertz CT molecular complexity index is 696. The van der Waals surface area contributed by atoms with Crippen LogP contribution in [0.1, 0.15) is 5.56 Å². The van der Waals surface area contributed by atoms with E-state index in [-0.39, 0.29) is 15.8 Å². The maximum absolute atomic E-state index is 13.5. The van der Waals surface area contributed by atoms with Gasteiger partial charge in [0.15, 0.2) is 0 Å². The number of nitrogens with two attached hydrogens (primary N) is 1. The first-order valence-electron chi connectivity index (χ1n) is 5.30. The van der Waals surface area contributed by atoms with E-state index in [1.807, 2.05) is 0 Å². The summed E-state index contributed by atoms with van der Waals surface area (Å²) in [6, 6.07) is 7.83. The van der Waals surface area contributed by atoms with Crippen LogP contribution in [0.5, 0.6) is 11.5 Å². The molecule has 104 valence electrons. The van der Waals surface area contributed by atoms with Crippen LogP contribution in [0.2, 0.25) is 5.02 Å². The van der Waals surface area contributed by atoms with Crippen molar-refractivity contribution in [3.8, 4) is 11.5 Å². The van der Waals surface area contributed by atoms with E-state index in [0.717, 1.165) is 4.47 Å². The van der Waals surface area contributed by atoms with Crippen LogP contribution in [-0.4, -0.2) is 4.99 Å². The third kappa shape index (κ3) is 3.49. The summed E-state index contributed by atoms with van der Waals surface area (Å²) in [5.41, 5.74) is 6.20. The van der Waals surface area contributed by atoms with Crippen molar-refractivity contribution in [2.75, 3.05) is 0 Å². The van der Waals surface area contributed by atoms with E-state index in [2.05, 4.69) is 31.9 Å². The van der Waals surface area contributed by atoms with Crippen molar-refractivity contribution in [3.63, 3.8) is 0 Å².